The van der Waals surface area contributed by atoms with Gasteiger partial charge in [-0.2, -0.15) is 4.98 Å². The molecule has 0 aliphatic heterocycles. The van der Waals surface area contributed by atoms with Crippen molar-refractivity contribution in [2.24, 2.45) is 0 Å². The van der Waals surface area contributed by atoms with Gasteiger partial charge in [0.1, 0.15) is 5.82 Å². The SMILES string of the molecule is CCNc1nccc(NCCCCO)n1. The molecule has 0 aliphatic carbocycles. The summed E-state index contributed by atoms with van der Waals surface area (Å²) in [4.78, 5) is 8.34. The Hall–Kier alpha value is -1.36. The van der Waals surface area contributed by atoms with E-state index < -0.39 is 0 Å². The number of aromatic nitrogens is 2. The van der Waals surface area contributed by atoms with Gasteiger partial charge >= 0.3 is 0 Å². The molecule has 0 radical (unpaired) electrons. The molecule has 1 aromatic rings. The average Bonchev–Trinajstić information content (AvgIpc) is 2.26. The average molecular weight is 210 g/mol. The van der Waals surface area contributed by atoms with Gasteiger partial charge < -0.3 is 15.7 Å². The molecule has 0 bridgehead atoms. The van der Waals surface area contributed by atoms with Gasteiger partial charge in [0.05, 0.1) is 0 Å². The standard InChI is InChI=1S/C10H18N4O/c1-2-11-10-13-7-5-9(14-10)12-6-3-4-8-15/h5,7,15H,2-4,6,8H2,1H3,(H2,11,12,13,14). The molecule has 0 aliphatic rings. The van der Waals surface area contributed by atoms with E-state index in [9.17, 15) is 0 Å². The van der Waals surface area contributed by atoms with E-state index in [1.807, 2.05) is 13.0 Å². The van der Waals surface area contributed by atoms with Gasteiger partial charge in [0.15, 0.2) is 0 Å². The van der Waals surface area contributed by atoms with Gasteiger partial charge in [0, 0.05) is 25.9 Å². The van der Waals surface area contributed by atoms with Crippen LogP contribution in [0.2, 0.25) is 0 Å². The number of unbranched alkanes of at least 4 members (excludes halogenated alkanes) is 1. The summed E-state index contributed by atoms with van der Waals surface area (Å²) in [5.41, 5.74) is 0. The maximum atomic E-state index is 8.61. The molecule has 5 nitrogen and oxygen atoms in total. The van der Waals surface area contributed by atoms with Crippen molar-refractivity contribution in [3.63, 3.8) is 0 Å². The highest BCUT2D eigenvalue weighted by Gasteiger charge is 1.96. The predicted octanol–water partition coefficient (Wildman–Crippen LogP) is 1.09. The zero-order chi connectivity index (χ0) is 10.9. The van der Waals surface area contributed by atoms with Gasteiger partial charge in [-0.3, -0.25) is 0 Å². The first-order valence-corrected chi connectivity index (χ1v) is 5.28. The van der Waals surface area contributed by atoms with Crippen LogP contribution in [0, 0.1) is 0 Å². The normalized spacial score (nSPS) is 10.0. The lowest BCUT2D eigenvalue weighted by atomic mass is 10.3. The summed E-state index contributed by atoms with van der Waals surface area (Å²) >= 11 is 0. The highest BCUT2D eigenvalue weighted by Crippen LogP contribution is 2.05. The van der Waals surface area contributed by atoms with E-state index in [0.29, 0.717) is 5.95 Å². The summed E-state index contributed by atoms with van der Waals surface area (Å²) in [7, 11) is 0. The van der Waals surface area contributed by atoms with Crippen LogP contribution < -0.4 is 10.6 Å². The van der Waals surface area contributed by atoms with Crippen LogP contribution in [0.5, 0.6) is 0 Å². The zero-order valence-electron chi connectivity index (χ0n) is 9.03. The molecule has 0 saturated heterocycles. The molecule has 0 unspecified atom stereocenters. The van der Waals surface area contributed by atoms with E-state index in [0.717, 1.165) is 31.7 Å². The summed E-state index contributed by atoms with van der Waals surface area (Å²) in [6.07, 6.45) is 3.48. The molecule has 0 atom stereocenters. The molecule has 0 saturated carbocycles. The Morgan fingerprint density at radius 1 is 1.33 bits per heavy atom. The molecule has 0 aromatic carbocycles. The Labute approximate surface area is 90.0 Å². The summed E-state index contributed by atoms with van der Waals surface area (Å²) in [6.45, 7) is 3.88. The number of rotatable bonds is 7. The van der Waals surface area contributed by atoms with Gasteiger partial charge in [-0.1, -0.05) is 0 Å². The second-order valence-corrected chi connectivity index (χ2v) is 3.15. The summed E-state index contributed by atoms with van der Waals surface area (Å²) < 4.78 is 0. The maximum absolute atomic E-state index is 8.61. The fourth-order valence-electron chi connectivity index (χ4n) is 1.15. The lowest BCUT2D eigenvalue weighted by Gasteiger charge is -2.06. The first-order chi connectivity index (χ1) is 7.36. The van der Waals surface area contributed by atoms with Crippen LogP contribution in [-0.4, -0.2) is 34.8 Å². The van der Waals surface area contributed by atoms with Gasteiger partial charge in [0.2, 0.25) is 5.95 Å². The number of anilines is 2. The van der Waals surface area contributed by atoms with Crippen LogP contribution in [0.25, 0.3) is 0 Å². The molecule has 0 spiro atoms. The van der Waals surface area contributed by atoms with E-state index in [1.54, 1.807) is 6.20 Å². The third-order valence-electron chi connectivity index (χ3n) is 1.88. The van der Waals surface area contributed by atoms with Crippen molar-refractivity contribution in [1.82, 2.24) is 9.97 Å². The van der Waals surface area contributed by atoms with E-state index in [1.165, 1.54) is 0 Å². The zero-order valence-corrected chi connectivity index (χ0v) is 9.03. The Morgan fingerprint density at radius 2 is 2.20 bits per heavy atom. The molecule has 0 amide bonds. The highest BCUT2D eigenvalue weighted by molar-refractivity contribution is 5.39. The van der Waals surface area contributed by atoms with Crippen molar-refractivity contribution in [3.05, 3.63) is 12.3 Å². The van der Waals surface area contributed by atoms with Crippen LogP contribution in [0.15, 0.2) is 12.3 Å². The number of hydrogen-bond acceptors (Lipinski definition) is 5. The maximum Gasteiger partial charge on any atom is 0.224 e. The molecule has 3 N–H and O–H groups in total. The minimum absolute atomic E-state index is 0.244. The van der Waals surface area contributed by atoms with E-state index in [-0.39, 0.29) is 6.61 Å². The number of nitrogens with one attached hydrogen (secondary N) is 2. The second kappa shape index (κ2) is 7.00. The summed E-state index contributed by atoms with van der Waals surface area (Å²) in [5, 5.41) is 14.8. The molecule has 15 heavy (non-hydrogen) atoms. The first kappa shape index (κ1) is 11.7. The molecule has 84 valence electrons. The minimum Gasteiger partial charge on any atom is -0.396 e. The van der Waals surface area contributed by atoms with Crippen LogP contribution >= 0.6 is 0 Å². The van der Waals surface area contributed by atoms with E-state index >= 15 is 0 Å². The Kier molecular flexibility index (Phi) is 5.47. The van der Waals surface area contributed by atoms with Crippen molar-refractivity contribution in [3.8, 4) is 0 Å². The number of aliphatic hydroxyl groups excluding tert-OH is 1. The van der Waals surface area contributed by atoms with Crippen molar-refractivity contribution >= 4 is 11.8 Å². The van der Waals surface area contributed by atoms with Crippen molar-refractivity contribution in [2.45, 2.75) is 19.8 Å². The predicted molar refractivity (Wildman–Crippen MR) is 61.0 cm³/mol. The third kappa shape index (κ3) is 4.60. The number of nitrogens with zero attached hydrogens (tertiary/aromatic N) is 2. The topological polar surface area (TPSA) is 70.1 Å². The molecular weight excluding hydrogens is 192 g/mol. The number of hydrogen-bond donors (Lipinski definition) is 3. The molecule has 0 fully saturated rings. The lowest BCUT2D eigenvalue weighted by Crippen LogP contribution is -2.07. The molecule has 1 aromatic heterocycles. The third-order valence-corrected chi connectivity index (χ3v) is 1.88. The fraction of sp³-hybridized carbons (Fsp3) is 0.600. The van der Waals surface area contributed by atoms with Gasteiger partial charge in [-0.25, -0.2) is 4.98 Å². The van der Waals surface area contributed by atoms with Crippen LogP contribution in [0.4, 0.5) is 11.8 Å². The Balaban J connectivity index is 2.36. The first-order valence-electron chi connectivity index (χ1n) is 5.28. The molecule has 1 heterocycles. The fourth-order valence-corrected chi connectivity index (χ4v) is 1.15. The second-order valence-electron chi connectivity index (χ2n) is 3.15. The van der Waals surface area contributed by atoms with Gasteiger partial charge in [-0.15, -0.1) is 0 Å². The largest absolute Gasteiger partial charge is 0.396 e. The quantitative estimate of drug-likeness (QED) is 0.588. The van der Waals surface area contributed by atoms with Crippen molar-refractivity contribution < 1.29 is 5.11 Å². The molecule has 1 rings (SSSR count). The Morgan fingerprint density at radius 3 is 2.93 bits per heavy atom. The minimum atomic E-state index is 0.244. The molecular formula is C10H18N4O. The monoisotopic (exact) mass is 210 g/mol. The van der Waals surface area contributed by atoms with E-state index in [2.05, 4.69) is 20.6 Å². The molecule has 5 heteroatoms. The smallest absolute Gasteiger partial charge is 0.224 e. The summed E-state index contributed by atoms with van der Waals surface area (Å²) in [5.74, 6) is 1.46. The van der Waals surface area contributed by atoms with Crippen LogP contribution in [0.1, 0.15) is 19.8 Å². The van der Waals surface area contributed by atoms with Crippen LogP contribution in [-0.2, 0) is 0 Å². The Bertz CT molecular complexity index is 280. The summed E-state index contributed by atoms with van der Waals surface area (Å²) in [6, 6.07) is 1.83. The van der Waals surface area contributed by atoms with Crippen LogP contribution in [0.3, 0.4) is 0 Å². The van der Waals surface area contributed by atoms with Crippen molar-refractivity contribution in [2.75, 3.05) is 30.3 Å². The van der Waals surface area contributed by atoms with Crippen molar-refractivity contribution in [1.29, 1.82) is 0 Å². The lowest BCUT2D eigenvalue weighted by molar-refractivity contribution is 0.286. The van der Waals surface area contributed by atoms with Gasteiger partial charge in [-0.05, 0) is 25.8 Å². The highest BCUT2D eigenvalue weighted by atomic mass is 16.2. The van der Waals surface area contributed by atoms with E-state index in [4.69, 9.17) is 5.11 Å². The number of aliphatic hydroxyl groups is 1. The van der Waals surface area contributed by atoms with Gasteiger partial charge in [0.25, 0.3) is 0 Å².